The topological polar surface area (TPSA) is 47.7 Å². The van der Waals surface area contributed by atoms with E-state index in [4.69, 9.17) is 15.2 Å². The largest absolute Gasteiger partial charge is 0.491 e. The molecule has 1 atom stereocenters. The smallest absolute Gasteiger partial charge is 0.122 e. The molecule has 1 aliphatic heterocycles. The molecule has 1 aliphatic rings. The number of nitrogens with two attached hydrogens (primary N) is 1. The minimum Gasteiger partial charge on any atom is -0.491 e. The van der Waals surface area contributed by atoms with Gasteiger partial charge in [-0.3, -0.25) is 4.90 Å². The van der Waals surface area contributed by atoms with Gasteiger partial charge in [-0.15, -0.1) is 0 Å². The van der Waals surface area contributed by atoms with Gasteiger partial charge in [-0.05, 0) is 26.0 Å². The van der Waals surface area contributed by atoms with Crippen molar-refractivity contribution in [3.05, 3.63) is 22.7 Å². The number of benzene rings is 1. The summed E-state index contributed by atoms with van der Waals surface area (Å²) in [6, 6.07) is 6.14. The normalized spacial score (nSPS) is 20.7. The molecular formula is C14H21BrN2O2. The van der Waals surface area contributed by atoms with Gasteiger partial charge in [0.2, 0.25) is 0 Å². The van der Waals surface area contributed by atoms with Crippen LogP contribution in [0.5, 0.6) is 5.75 Å². The van der Waals surface area contributed by atoms with E-state index in [9.17, 15) is 0 Å². The second-order valence-electron chi connectivity index (χ2n) is 5.11. The number of morpholine rings is 1. The van der Waals surface area contributed by atoms with E-state index < -0.39 is 0 Å². The van der Waals surface area contributed by atoms with E-state index in [1.165, 1.54) is 0 Å². The Morgan fingerprint density at radius 1 is 1.47 bits per heavy atom. The Labute approximate surface area is 123 Å². The van der Waals surface area contributed by atoms with E-state index >= 15 is 0 Å². The lowest BCUT2D eigenvalue weighted by Gasteiger charge is -2.35. The van der Waals surface area contributed by atoms with E-state index in [-0.39, 0.29) is 6.10 Å². The highest BCUT2D eigenvalue weighted by atomic mass is 79.9. The Bertz CT molecular complexity index is 406. The minimum absolute atomic E-state index is 0.122. The van der Waals surface area contributed by atoms with E-state index in [0.717, 1.165) is 29.9 Å². The maximum Gasteiger partial charge on any atom is 0.122 e. The molecule has 0 aromatic heterocycles. The van der Waals surface area contributed by atoms with Crippen LogP contribution in [0.2, 0.25) is 0 Å². The quantitative estimate of drug-likeness (QED) is 0.863. The average Bonchev–Trinajstić information content (AvgIpc) is 2.35. The summed E-state index contributed by atoms with van der Waals surface area (Å²) in [6.45, 7) is 7.65. The van der Waals surface area contributed by atoms with Crippen LogP contribution in [0.25, 0.3) is 0 Å². The number of halogens is 1. The van der Waals surface area contributed by atoms with Gasteiger partial charge in [-0.1, -0.05) is 15.9 Å². The fraction of sp³-hybridized carbons (Fsp3) is 0.571. The van der Waals surface area contributed by atoms with Crippen LogP contribution in [0, 0.1) is 0 Å². The molecule has 4 nitrogen and oxygen atoms in total. The molecule has 1 aromatic rings. The fourth-order valence-electron chi connectivity index (χ4n) is 2.17. The molecule has 106 valence electrons. The van der Waals surface area contributed by atoms with Crippen LogP contribution in [0.1, 0.15) is 13.8 Å². The SMILES string of the molecule is CC(C)N1CCOC(COc2cc(N)cc(Br)c2)C1. The monoisotopic (exact) mass is 328 g/mol. The number of nitrogens with zero attached hydrogens (tertiary/aromatic N) is 1. The van der Waals surface area contributed by atoms with Gasteiger partial charge in [0.15, 0.2) is 0 Å². The highest BCUT2D eigenvalue weighted by molar-refractivity contribution is 9.10. The van der Waals surface area contributed by atoms with Gasteiger partial charge in [0, 0.05) is 35.4 Å². The van der Waals surface area contributed by atoms with Crippen molar-refractivity contribution in [2.75, 3.05) is 32.0 Å². The van der Waals surface area contributed by atoms with Gasteiger partial charge in [0.05, 0.1) is 6.61 Å². The Morgan fingerprint density at radius 3 is 2.95 bits per heavy atom. The molecule has 2 rings (SSSR count). The predicted octanol–water partition coefficient (Wildman–Crippen LogP) is 2.52. The molecule has 5 heteroatoms. The Kier molecular flexibility index (Phi) is 5.07. The third-order valence-corrected chi connectivity index (χ3v) is 3.69. The van der Waals surface area contributed by atoms with Crippen molar-refractivity contribution >= 4 is 21.6 Å². The Morgan fingerprint density at radius 2 is 2.26 bits per heavy atom. The molecule has 1 aromatic carbocycles. The van der Waals surface area contributed by atoms with Gasteiger partial charge < -0.3 is 15.2 Å². The zero-order chi connectivity index (χ0) is 13.8. The Hall–Kier alpha value is -0.780. The van der Waals surface area contributed by atoms with E-state index in [1.54, 1.807) is 0 Å². The van der Waals surface area contributed by atoms with Gasteiger partial charge >= 0.3 is 0 Å². The second-order valence-corrected chi connectivity index (χ2v) is 6.03. The third-order valence-electron chi connectivity index (χ3n) is 3.23. The van der Waals surface area contributed by atoms with Crippen LogP contribution in [0.15, 0.2) is 22.7 Å². The van der Waals surface area contributed by atoms with Gasteiger partial charge in [0.25, 0.3) is 0 Å². The van der Waals surface area contributed by atoms with Crippen LogP contribution in [-0.2, 0) is 4.74 Å². The molecule has 1 unspecified atom stereocenters. The molecule has 0 spiro atoms. The first-order valence-electron chi connectivity index (χ1n) is 6.59. The standard InChI is InChI=1S/C14H21BrN2O2/c1-10(2)17-3-4-18-14(8-17)9-19-13-6-11(15)5-12(16)7-13/h5-7,10,14H,3-4,8-9,16H2,1-2H3. The molecule has 0 bridgehead atoms. The van der Waals surface area contributed by atoms with Crippen molar-refractivity contribution in [1.82, 2.24) is 4.90 Å². The summed E-state index contributed by atoms with van der Waals surface area (Å²) in [7, 11) is 0. The van der Waals surface area contributed by atoms with Crippen molar-refractivity contribution in [1.29, 1.82) is 0 Å². The lowest BCUT2D eigenvalue weighted by Crippen LogP contribution is -2.47. The lowest BCUT2D eigenvalue weighted by atomic mass is 10.2. The van der Waals surface area contributed by atoms with Crippen LogP contribution in [-0.4, -0.2) is 43.3 Å². The number of anilines is 1. The number of hydrogen-bond donors (Lipinski definition) is 1. The first-order valence-corrected chi connectivity index (χ1v) is 7.38. The molecule has 0 amide bonds. The second kappa shape index (κ2) is 6.59. The third kappa shape index (κ3) is 4.37. The summed E-state index contributed by atoms with van der Waals surface area (Å²) in [5.41, 5.74) is 6.47. The molecule has 0 radical (unpaired) electrons. The van der Waals surface area contributed by atoms with E-state index in [2.05, 4.69) is 34.7 Å². The van der Waals surface area contributed by atoms with Gasteiger partial charge in [0.1, 0.15) is 18.5 Å². The van der Waals surface area contributed by atoms with Crippen LogP contribution >= 0.6 is 15.9 Å². The Balaban J connectivity index is 1.87. The lowest BCUT2D eigenvalue weighted by molar-refractivity contribution is -0.0564. The highest BCUT2D eigenvalue weighted by Crippen LogP contribution is 2.23. The van der Waals surface area contributed by atoms with Gasteiger partial charge in [-0.25, -0.2) is 0 Å². The van der Waals surface area contributed by atoms with Crippen molar-refractivity contribution in [3.63, 3.8) is 0 Å². The highest BCUT2D eigenvalue weighted by Gasteiger charge is 2.22. The van der Waals surface area contributed by atoms with Crippen LogP contribution in [0.4, 0.5) is 5.69 Å². The van der Waals surface area contributed by atoms with Crippen molar-refractivity contribution < 1.29 is 9.47 Å². The maximum atomic E-state index is 5.78. The zero-order valence-electron chi connectivity index (χ0n) is 11.4. The molecule has 1 heterocycles. The first kappa shape index (κ1) is 14.6. The van der Waals surface area contributed by atoms with E-state index in [1.807, 2.05) is 18.2 Å². The first-order chi connectivity index (χ1) is 9.04. The number of rotatable bonds is 4. The maximum absolute atomic E-state index is 5.78. The molecule has 0 aliphatic carbocycles. The summed E-state index contributed by atoms with van der Waals surface area (Å²) in [5, 5.41) is 0. The molecular weight excluding hydrogens is 308 g/mol. The average molecular weight is 329 g/mol. The van der Waals surface area contributed by atoms with Crippen LogP contribution in [0.3, 0.4) is 0 Å². The molecule has 1 fully saturated rings. The molecule has 19 heavy (non-hydrogen) atoms. The van der Waals surface area contributed by atoms with E-state index in [0.29, 0.717) is 18.3 Å². The number of hydrogen-bond acceptors (Lipinski definition) is 4. The predicted molar refractivity (Wildman–Crippen MR) is 80.5 cm³/mol. The zero-order valence-corrected chi connectivity index (χ0v) is 13.0. The fourth-order valence-corrected chi connectivity index (χ4v) is 2.66. The summed E-state index contributed by atoms with van der Waals surface area (Å²) in [5.74, 6) is 0.775. The molecule has 0 saturated carbocycles. The number of nitrogen functional groups attached to an aromatic ring is 1. The molecule has 1 saturated heterocycles. The van der Waals surface area contributed by atoms with Crippen molar-refractivity contribution in [2.24, 2.45) is 0 Å². The summed E-state index contributed by atoms with van der Waals surface area (Å²) >= 11 is 3.41. The van der Waals surface area contributed by atoms with Crippen molar-refractivity contribution in [2.45, 2.75) is 26.0 Å². The summed E-state index contributed by atoms with van der Waals surface area (Å²) < 4.78 is 12.4. The minimum atomic E-state index is 0.122. The number of ether oxygens (including phenoxy) is 2. The summed E-state index contributed by atoms with van der Waals surface area (Å²) in [4.78, 5) is 2.41. The van der Waals surface area contributed by atoms with Crippen molar-refractivity contribution in [3.8, 4) is 5.75 Å². The van der Waals surface area contributed by atoms with Gasteiger partial charge in [-0.2, -0.15) is 0 Å². The molecule has 2 N–H and O–H groups in total. The summed E-state index contributed by atoms with van der Waals surface area (Å²) in [6.07, 6.45) is 0.122. The van der Waals surface area contributed by atoms with Crippen LogP contribution < -0.4 is 10.5 Å².